The first kappa shape index (κ1) is 16.9. The lowest BCUT2D eigenvalue weighted by Gasteiger charge is -2.11. The van der Waals surface area contributed by atoms with E-state index in [-0.39, 0.29) is 11.3 Å². The number of nitrogens with one attached hydrogen (secondary N) is 1. The molecule has 1 heterocycles. The normalized spacial score (nSPS) is 11.8. The molecule has 0 aliphatic carbocycles. The monoisotopic (exact) mass is 330 g/mol. The number of pyridine rings is 1. The average Bonchev–Trinajstić information content (AvgIpc) is 2.59. The predicted octanol–water partition coefficient (Wildman–Crippen LogP) is 5.55. The lowest BCUT2D eigenvalue weighted by molar-refractivity contribution is 0.102. The Bertz CT molecular complexity index is 919. The van der Waals surface area contributed by atoms with Gasteiger partial charge in [-0.05, 0) is 47.4 Å². The van der Waals surface area contributed by atoms with Crippen molar-refractivity contribution >= 4 is 28.6 Å². The van der Waals surface area contributed by atoms with E-state index in [9.17, 15) is 4.79 Å². The minimum absolute atomic E-state index is 0.116. The molecule has 0 spiro atoms. The predicted molar refractivity (Wildman–Crippen MR) is 105 cm³/mol. The average molecular weight is 330 g/mol. The molecule has 25 heavy (non-hydrogen) atoms. The molecular formula is C22H22N2O. The second-order valence-electron chi connectivity index (χ2n) is 7.19. The number of allylic oxidation sites excluding steroid dienone is 1. The van der Waals surface area contributed by atoms with Crippen LogP contribution in [0.5, 0.6) is 0 Å². The third kappa shape index (κ3) is 4.54. The number of fused-ring (bicyclic) bond motifs is 1. The van der Waals surface area contributed by atoms with Gasteiger partial charge >= 0.3 is 0 Å². The van der Waals surface area contributed by atoms with Crippen LogP contribution in [0.3, 0.4) is 0 Å². The van der Waals surface area contributed by atoms with Gasteiger partial charge in [0.15, 0.2) is 0 Å². The summed E-state index contributed by atoms with van der Waals surface area (Å²) in [6.45, 7) is 6.47. The Balaban J connectivity index is 1.73. The minimum Gasteiger partial charge on any atom is -0.322 e. The highest BCUT2D eigenvalue weighted by Gasteiger charge is 2.07. The van der Waals surface area contributed by atoms with Crippen molar-refractivity contribution in [3.63, 3.8) is 0 Å². The summed E-state index contributed by atoms with van der Waals surface area (Å²) in [5.41, 5.74) is 3.54. The van der Waals surface area contributed by atoms with Crippen LogP contribution in [-0.2, 0) is 0 Å². The molecule has 1 aromatic heterocycles. The second-order valence-corrected chi connectivity index (χ2v) is 7.19. The van der Waals surface area contributed by atoms with Crippen LogP contribution in [0.1, 0.15) is 36.7 Å². The Morgan fingerprint density at radius 1 is 1.04 bits per heavy atom. The van der Waals surface area contributed by atoms with E-state index >= 15 is 0 Å². The number of rotatable bonds is 3. The van der Waals surface area contributed by atoms with E-state index in [4.69, 9.17) is 0 Å². The summed E-state index contributed by atoms with van der Waals surface area (Å²) in [4.78, 5) is 16.7. The highest BCUT2D eigenvalue weighted by atomic mass is 16.1. The number of benzene rings is 2. The summed E-state index contributed by atoms with van der Waals surface area (Å²) in [5.74, 6) is -0.116. The Labute approximate surface area is 148 Å². The van der Waals surface area contributed by atoms with Crippen molar-refractivity contribution in [3.05, 3.63) is 78.0 Å². The van der Waals surface area contributed by atoms with Gasteiger partial charge in [-0.1, -0.05) is 51.1 Å². The van der Waals surface area contributed by atoms with Crippen molar-refractivity contribution in [2.45, 2.75) is 20.8 Å². The lowest BCUT2D eigenvalue weighted by Crippen LogP contribution is -2.11. The molecule has 1 amide bonds. The molecule has 3 aromatic rings. The van der Waals surface area contributed by atoms with Gasteiger partial charge in [0.2, 0.25) is 0 Å². The smallest absolute Gasteiger partial charge is 0.255 e. The Morgan fingerprint density at radius 2 is 1.80 bits per heavy atom. The zero-order chi connectivity index (χ0) is 17.9. The third-order valence-electron chi connectivity index (χ3n) is 3.81. The van der Waals surface area contributed by atoms with E-state index < -0.39 is 0 Å². The number of carbonyl (C=O) groups is 1. The van der Waals surface area contributed by atoms with Gasteiger partial charge in [0.1, 0.15) is 0 Å². The van der Waals surface area contributed by atoms with Crippen molar-refractivity contribution < 1.29 is 4.79 Å². The number of aromatic nitrogens is 1. The number of nitrogens with zero attached hydrogens (tertiary/aromatic N) is 1. The van der Waals surface area contributed by atoms with Crippen molar-refractivity contribution in [1.82, 2.24) is 4.98 Å². The standard InChI is InChI=1S/C22H22N2O/c1-22(2,3)13-12-16-6-8-17(9-7-16)21(25)24-19-10-11-20-18(15-19)5-4-14-23-20/h4-15H,1-3H3,(H,24,25)/b13-12+. The molecular weight excluding hydrogens is 308 g/mol. The molecule has 0 aliphatic rings. The Hall–Kier alpha value is -2.94. The molecule has 3 rings (SSSR count). The van der Waals surface area contributed by atoms with Crippen LogP contribution in [-0.4, -0.2) is 10.9 Å². The van der Waals surface area contributed by atoms with E-state index in [0.29, 0.717) is 5.56 Å². The fourth-order valence-electron chi connectivity index (χ4n) is 2.45. The van der Waals surface area contributed by atoms with Crippen LogP contribution >= 0.6 is 0 Å². The zero-order valence-corrected chi connectivity index (χ0v) is 14.8. The van der Waals surface area contributed by atoms with Crippen LogP contribution in [0.25, 0.3) is 17.0 Å². The van der Waals surface area contributed by atoms with E-state index in [1.165, 1.54) is 0 Å². The van der Waals surface area contributed by atoms with Crippen LogP contribution in [0, 0.1) is 5.41 Å². The molecule has 2 aromatic carbocycles. The lowest BCUT2D eigenvalue weighted by atomic mass is 9.95. The SMILES string of the molecule is CC(C)(C)/C=C/c1ccc(C(=O)Nc2ccc3ncccc3c2)cc1. The van der Waals surface area contributed by atoms with Gasteiger partial charge in [0, 0.05) is 22.8 Å². The molecule has 1 N–H and O–H groups in total. The summed E-state index contributed by atoms with van der Waals surface area (Å²) < 4.78 is 0. The zero-order valence-electron chi connectivity index (χ0n) is 14.8. The van der Waals surface area contributed by atoms with E-state index in [0.717, 1.165) is 22.2 Å². The fraction of sp³-hybridized carbons (Fsp3) is 0.182. The molecule has 0 saturated carbocycles. The van der Waals surface area contributed by atoms with Crippen LogP contribution in [0.2, 0.25) is 0 Å². The molecule has 0 fully saturated rings. The largest absolute Gasteiger partial charge is 0.322 e. The van der Waals surface area contributed by atoms with Crippen LogP contribution < -0.4 is 5.32 Å². The minimum atomic E-state index is -0.116. The maximum absolute atomic E-state index is 12.4. The molecule has 0 bridgehead atoms. The molecule has 126 valence electrons. The first-order chi connectivity index (χ1) is 11.9. The third-order valence-corrected chi connectivity index (χ3v) is 3.81. The molecule has 3 nitrogen and oxygen atoms in total. The Kier molecular flexibility index (Phi) is 4.66. The van der Waals surface area contributed by atoms with Crippen molar-refractivity contribution in [2.75, 3.05) is 5.32 Å². The maximum Gasteiger partial charge on any atom is 0.255 e. The van der Waals surface area contributed by atoms with Crippen molar-refractivity contribution in [3.8, 4) is 0 Å². The summed E-state index contributed by atoms with van der Waals surface area (Å²) >= 11 is 0. The second kappa shape index (κ2) is 6.89. The highest BCUT2D eigenvalue weighted by Crippen LogP contribution is 2.19. The van der Waals surface area contributed by atoms with Gasteiger partial charge < -0.3 is 5.32 Å². The van der Waals surface area contributed by atoms with Gasteiger partial charge in [0.05, 0.1) is 5.52 Å². The van der Waals surface area contributed by atoms with Crippen molar-refractivity contribution in [2.24, 2.45) is 5.41 Å². The quantitative estimate of drug-likeness (QED) is 0.684. The number of anilines is 1. The summed E-state index contributed by atoms with van der Waals surface area (Å²) in [7, 11) is 0. The van der Waals surface area contributed by atoms with E-state index in [2.05, 4.69) is 43.2 Å². The molecule has 0 radical (unpaired) electrons. The van der Waals surface area contributed by atoms with Crippen LogP contribution in [0.4, 0.5) is 5.69 Å². The van der Waals surface area contributed by atoms with E-state index in [1.54, 1.807) is 6.20 Å². The fourth-order valence-corrected chi connectivity index (χ4v) is 2.45. The van der Waals surface area contributed by atoms with Gasteiger partial charge in [-0.2, -0.15) is 0 Å². The molecule has 0 saturated heterocycles. The van der Waals surface area contributed by atoms with Crippen LogP contribution in [0.15, 0.2) is 66.9 Å². The topological polar surface area (TPSA) is 42.0 Å². The number of hydrogen-bond acceptors (Lipinski definition) is 2. The highest BCUT2D eigenvalue weighted by molar-refractivity contribution is 6.05. The first-order valence-electron chi connectivity index (χ1n) is 8.36. The Morgan fingerprint density at radius 3 is 2.52 bits per heavy atom. The van der Waals surface area contributed by atoms with Gasteiger partial charge in [-0.3, -0.25) is 9.78 Å². The summed E-state index contributed by atoms with van der Waals surface area (Å²) in [5, 5.41) is 3.94. The maximum atomic E-state index is 12.4. The summed E-state index contributed by atoms with van der Waals surface area (Å²) in [6, 6.07) is 17.2. The molecule has 0 unspecified atom stereocenters. The number of amides is 1. The molecule has 3 heteroatoms. The summed E-state index contributed by atoms with van der Waals surface area (Å²) in [6.07, 6.45) is 6.00. The van der Waals surface area contributed by atoms with Gasteiger partial charge in [-0.25, -0.2) is 0 Å². The van der Waals surface area contributed by atoms with Gasteiger partial charge in [0.25, 0.3) is 5.91 Å². The van der Waals surface area contributed by atoms with E-state index in [1.807, 2.05) is 54.6 Å². The number of hydrogen-bond donors (Lipinski definition) is 1. The molecule has 0 atom stereocenters. The first-order valence-corrected chi connectivity index (χ1v) is 8.36. The number of carbonyl (C=O) groups excluding carboxylic acids is 1. The van der Waals surface area contributed by atoms with Crippen molar-refractivity contribution in [1.29, 1.82) is 0 Å². The molecule has 0 aliphatic heterocycles. The van der Waals surface area contributed by atoms with Gasteiger partial charge in [-0.15, -0.1) is 0 Å².